The van der Waals surface area contributed by atoms with Crippen molar-refractivity contribution in [2.75, 3.05) is 20.3 Å². The number of thiazole rings is 1. The smallest absolute Gasteiger partial charge is 0.337 e. The summed E-state index contributed by atoms with van der Waals surface area (Å²) in [5.74, 6) is 1.66. The highest BCUT2D eigenvalue weighted by Crippen LogP contribution is 2.35. The second-order valence-electron chi connectivity index (χ2n) is 8.91. The fourth-order valence-electron chi connectivity index (χ4n) is 4.55. The lowest BCUT2D eigenvalue weighted by Crippen LogP contribution is -2.39. The van der Waals surface area contributed by atoms with Gasteiger partial charge in [0.1, 0.15) is 11.5 Å². The van der Waals surface area contributed by atoms with Crippen molar-refractivity contribution < 1.29 is 23.4 Å². The Balaban J connectivity index is 1.62. The maximum absolute atomic E-state index is 13.8. The fraction of sp³-hybridized carbons (Fsp3) is 0.233. The molecule has 0 fully saturated rings. The SMILES string of the molecule is CCOc1ccc([C@H]2C(C(=O)OC)=CN=c3s/c(=C/c4ccc(-c5cc(Cl)ccc5C)o4)c(=O)n32)cc1OCC. The van der Waals surface area contributed by atoms with Crippen molar-refractivity contribution in [3.63, 3.8) is 0 Å². The standard InChI is InChI=1S/C30H27ClN2O6S/c1-5-37-24-11-8-18(13-25(24)38-6-2)27-22(29(35)36-4)16-32-30-33(27)28(34)26(40-30)15-20-10-12-23(39-20)21-14-19(31)9-7-17(21)3/h7-16,27H,5-6H2,1-4H3/b26-15+/t27-/m0/s1. The lowest BCUT2D eigenvalue weighted by atomic mass is 9.97. The Bertz CT molecular complexity index is 1800. The van der Waals surface area contributed by atoms with Gasteiger partial charge in [-0.25, -0.2) is 9.79 Å². The zero-order chi connectivity index (χ0) is 28.4. The van der Waals surface area contributed by atoms with Gasteiger partial charge < -0.3 is 18.6 Å². The zero-order valence-electron chi connectivity index (χ0n) is 22.4. The van der Waals surface area contributed by atoms with Gasteiger partial charge in [0, 0.05) is 22.9 Å². The normalized spacial score (nSPS) is 14.8. The summed E-state index contributed by atoms with van der Waals surface area (Å²) in [7, 11) is 1.30. The monoisotopic (exact) mass is 578 g/mol. The number of hydrogen-bond donors (Lipinski definition) is 0. The Labute approximate surface area is 239 Å². The Kier molecular flexibility index (Phi) is 7.95. The molecular weight excluding hydrogens is 552 g/mol. The van der Waals surface area contributed by atoms with Crippen molar-refractivity contribution >= 4 is 35.0 Å². The number of aryl methyl sites for hydroxylation is 1. The molecule has 0 radical (unpaired) electrons. The van der Waals surface area contributed by atoms with Crippen LogP contribution in [0.4, 0.5) is 0 Å². The number of esters is 1. The highest BCUT2D eigenvalue weighted by molar-refractivity contribution is 7.07. The van der Waals surface area contributed by atoms with Crippen molar-refractivity contribution in [2.45, 2.75) is 26.8 Å². The summed E-state index contributed by atoms with van der Waals surface area (Å²) in [5, 5.41) is 0.607. The fourth-order valence-corrected chi connectivity index (χ4v) is 5.67. The largest absolute Gasteiger partial charge is 0.490 e. The summed E-state index contributed by atoms with van der Waals surface area (Å²) in [6.45, 7) is 6.62. The predicted molar refractivity (Wildman–Crippen MR) is 154 cm³/mol. The molecule has 206 valence electrons. The summed E-state index contributed by atoms with van der Waals surface area (Å²) in [5.41, 5.74) is 2.46. The number of methoxy groups -OCH3 is 1. The molecule has 0 N–H and O–H groups in total. The maximum Gasteiger partial charge on any atom is 0.337 e. The average Bonchev–Trinajstić information content (AvgIpc) is 3.54. The molecule has 0 saturated carbocycles. The second kappa shape index (κ2) is 11.6. The molecule has 5 rings (SSSR count). The lowest BCUT2D eigenvalue weighted by molar-refractivity contribution is -0.136. The van der Waals surface area contributed by atoms with Crippen LogP contribution in [0.25, 0.3) is 17.4 Å². The summed E-state index contributed by atoms with van der Waals surface area (Å²) < 4.78 is 24.5. The van der Waals surface area contributed by atoms with Crippen molar-refractivity contribution in [3.8, 4) is 22.8 Å². The molecule has 2 aromatic heterocycles. The third-order valence-corrected chi connectivity index (χ3v) is 7.61. The first-order valence-electron chi connectivity index (χ1n) is 12.7. The number of carbonyl (C=O) groups is 1. The van der Waals surface area contributed by atoms with Gasteiger partial charge >= 0.3 is 5.97 Å². The number of halogens is 1. The van der Waals surface area contributed by atoms with Crippen LogP contribution in [0.2, 0.25) is 5.02 Å². The molecule has 0 unspecified atom stereocenters. The van der Waals surface area contributed by atoms with Crippen LogP contribution >= 0.6 is 22.9 Å². The Hall–Kier alpha value is -4.08. The first-order valence-corrected chi connectivity index (χ1v) is 13.9. The van der Waals surface area contributed by atoms with Crippen LogP contribution in [0.15, 0.2) is 74.5 Å². The van der Waals surface area contributed by atoms with Crippen molar-refractivity contribution in [2.24, 2.45) is 4.99 Å². The number of rotatable bonds is 8. The molecule has 0 bridgehead atoms. The molecule has 10 heteroatoms. The topological polar surface area (TPSA) is 92.3 Å². The van der Waals surface area contributed by atoms with E-state index < -0.39 is 12.0 Å². The van der Waals surface area contributed by atoms with Gasteiger partial charge in [-0.3, -0.25) is 9.36 Å². The molecule has 0 saturated heterocycles. The number of hydrogen-bond acceptors (Lipinski definition) is 8. The quantitative estimate of drug-likeness (QED) is 0.272. The molecule has 0 aliphatic carbocycles. The number of nitrogens with zero attached hydrogens (tertiary/aromatic N) is 2. The molecule has 3 heterocycles. The number of benzene rings is 2. The number of aromatic nitrogens is 1. The van der Waals surface area contributed by atoms with E-state index in [1.165, 1.54) is 29.2 Å². The maximum atomic E-state index is 13.8. The lowest BCUT2D eigenvalue weighted by Gasteiger charge is -2.23. The number of carbonyl (C=O) groups excluding carboxylic acids is 1. The van der Waals surface area contributed by atoms with E-state index in [2.05, 4.69) is 4.99 Å². The van der Waals surface area contributed by atoms with E-state index in [1.54, 1.807) is 24.3 Å². The van der Waals surface area contributed by atoms with Crippen LogP contribution < -0.4 is 24.4 Å². The van der Waals surface area contributed by atoms with Crippen molar-refractivity contribution in [3.05, 3.63) is 102 Å². The Morgan fingerprint density at radius 3 is 2.62 bits per heavy atom. The van der Waals surface area contributed by atoms with Crippen LogP contribution in [0.5, 0.6) is 11.5 Å². The van der Waals surface area contributed by atoms with E-state index in [-0.39, 0.29) is 11.1 Å². The molecular formula is C30H27ClN2O6S. The molecule has 1 aliphatic rings. The third-order valence-electron chi connectivity index (χ3n) is 6.37. The number of ether oxygens (including phenoxy) is 3. The van der Waals surface area contributed by atoms with Gasteiger partial charge in [-0.15, -0.1) is 0 Å². The van der Waals surface area contributed by atoms with Gasteiger partial charge in [0.25, 0.3) is 5.56 Å². The Morgan fingerprint density at radius 2 is 1.88 bits per heavy atom. The van der Waals surface area contributed by atoms with Crippen LogP contribution in [0.1, 0.15) is 36.8 Å². The first-order chi connectivity index (χ1) is 19.3. The third kappa shape index (κ3) is 5.22. The van der Waals surface area contributed by atoms with Gasteiger partial charge in [0.15, 0.2) is 16.3 Å². The summed E-state index contributed by atoms with van der Waals surface area (Å²) >= 11 is 7.39. The molecule has 4 aromatic rings. The Morgan fingerprint density at radius 1 is 1.10 bits per heavy atom. The van der Waals surface area contributed by atoms with E-state index in [4.69, 9.17) is 30.2 Å². The molecule has 0 amide bonds. The average molecular weight is 579 g/mol. The van der Waals surface area contributed by atoms with E-state index >= 15 is 0 Å². The van der Waals surface area contributed by atoms with Crippen LogP contribution in [-0.4, -0.2) is 30.9 Å². The van der Waals surface area contributed by atoms with E-state index in [9.17, 15) is 9.59 Å². The van der Waals surface area contributed by atoms with Gasteiger partial charge in [-0.2, -0.15) is 0 Å². The summed E-state index contributed by atoms with van der Waals surface area (Å²) in [6, 6.07) is 13.8. The molecule has 1 atom stereocenters. The van der Waals surface area contributed by atoms with Crippen LogP contribution in [0, 0.1) is 6.92 Å². The molecule has 1 aliphatic heterocycles. The molecule has 2 aromatic carbocycles. The van der Waals surface area contributed by atoms with Crippen LogP contribution in [0.3, 0.4) is 0 Å². The van der Waals surface area contributed by atoms with E-state index in [0.29, 0.717) is 56.2 Å². The van der Waals surface area contributed by atoms with Gasteiger partial charge in [-0.05, 0) is 68.3 Å². The minimum Gasteiger partial charge on any atom is -0.490 e. The minimum atomic E-state index is -0.776. The van der Waals surface area contributed by atoms with Crippen LogP contribution in [-0.2, 0) is 9.53 Å². The molecule has 8 nitrogen and oxygen atoms in total. The zero-order valence-corrected chi connectivity index (χ0v) is 24.0. The number of fused-ring (bicyclic) bond motifs is 1. The van der Waals surface area contributed by atoms with Gasteiger partial charge in [0.2, 0.25) is 0 Å². The van der Waals surface area contributed by atoms with E-state index in [1.807, 2.05) is 51.1 Å². The van der Waals surface area contributed by atoms with Gasteiger partial charge in [0.05, 0.1) is 36.5 Å². The molecule has 40 heavy (non-hydrogen) atoms. The minimum absolute atomic E-state index is 0.227. The predicted octanol–water partition coefficient (Wildman–Crippen LogP) is 5.04. The molecule has 0 spiro atoms. The van der Waals surface area contributed by atoms with Crippen molar-refractivity contribution in [1.29, 1.82) is 0 Å². The summed E-state index contributed by atoms with van der Waals surface area (Å²) in [6.07, 6.45) is 3.13. The summed E-state index contributed by atoms with van der Waals surface area (Å²) in [4.78, 5) is 31.5. The number of furan rings is 1. The second-order valence-corrected chi connectivity index (χ2v) is 10.4. The highest BCUT2D eigenvalue weighted by Gasteiger charge is 2.31. The first kappa shape index (κ1) is 27.5. The van der Waals surface area contributed by atoms with Crippen molar-refractivity contribution in [1.82, 2.24) is 4.57 Å². The van der Waals surface area contributed by atoms with Gasteiger partial charge in [-0.1, -0.05) is 35.1 Å². The van der Waals surface area contributed by atoms with E-state index in [0.717, 1.165) is 11.1 Å². The highest BCUT2D eigenvalue weighted by atomic mass is 35.5.